The van der Waals surface area contributed by atoms with Gasteiger partial charge in [-0.15, -0.1) is 0 Å². The zero-order chi connectivity index (χ0) is 17.4. The van der Waals surface area contributed by atoms with Crippen LogP contribution in [-0.4, -0.2) is 12.8 Å². The summed E-state index contributed by atoms with van der Waals surface area (Å²) in [6, 6.07) is 26.3. The van der Waals surface area contributed by atoms with Gasteiger partial charge >= 0.3 is 0 Å². The van der Waals surface area contributed by atoms with Crippen molar-refractivity contribution in [2.24, 2.45) is 0 Å². The molecule has 0 aliphatic rings. The van der Waals surface area contributed by atoms with Gasteiger partial charge in [0.1, 0.15) is 0 Å². The predicted octanol–water partition coefficient (Wildman–Crippen LogP) is 5.84. The minimum atomic E-state index is 0.532. The van der Waals surface area contributed by atoms with E-state index in [9.17, 15) is 0 Å². The van der Waals surface area contributed by atoms with E-state index in [0.29, 0.717) is 5.71 Å². The Hall–Kier alpha value is -2.87. The lowest BCUT2D eigenvalue weighted by atomic mass is 9.98. The van der Waals surface area contributed by atoms with Crippen molar-refractivity contribution in [1.82, 2.24) is 0 Å². The zero-order valence-electron chi connectivity index (χ0n) is 14.5. The first-order valence-electron chi connectivity index (χ1n) is 8.31. The second-order valence-corrected chi connectivity index (χ2v) is 5.11. The van der Waals surface area contributed by atoms with Crippen LogP contribution in [0.3, 0.4) is 0 Å². The summed E-state index contributed by atoms with van der Waals surface area (Å²) in [5, 5.41) is 11.6. The molecule has 0 amide bonds. The van der Waals surface area contributed by atoms with Crippen molar-refractivity contribution in [2.45, 2.75) is 13.8 Å². The van der Waals surface area contributed by atoms with Crippen molar-refractivity contribution in [3.63, 3.8) is 0 Å². The van der Waals surface area contributed by atoms with Crippen LogP contribution in [0, 0.1) is 5.41 Å². The molecule has 3 aromatic carbocycles. The molecule has 0 fully saturated rings. The SMILES string of the molecule is CC.CNc1ccccc1C(=N)c1ccc(-c2ccccc2)cc1. The highest BCUT2D eigenvalue weighted by molar-refractivity contribution is 6.14. The lowest BCUT2D eigenvalue weighted by Gasteiger charge is -2.11. The summed E-state index contributed by atoms with van der Waals surface area (Å²) < 4.78 is 0. The molecule has 0 saturated carbocycles. The van der Waals surface area contributed by atoms with Crippen LogP contribution in [0.25, 0.3) is 11.1 Å². The molecular weight excluding hydrogens is 292 g/mol. The molecule has 24 heavy (non-hydrogen) atoms. The molecule has 122 valence electrons. The largest absolute Gasteiger partial charge is 0.388 e. The summed E-state index contributed by atoms with van der Waals surface area (Å²) >= 11 is 0. The summed E-state index contributed by atoms with van der Waals surface area (Å²) in [5.74, 6) is 0. The lowest BCUT2D eigenvalue weighted by Crippen LogP contribution is -2.05. The molecule has 0 radical (unpaired) electrons. The summed E-state index contributed by atoms with van der Waals surface area (Å²) in [6.07, 6.45) is 0. The molecule has 0 aliphatic heterocycles. The van der Waals surface area contributed by atoms with Crippen molar-refractivity contribution in [1.29, 1.82) is 5.41 Å². The van der Waals surface area contributed by atoms with Crippen LogP contribution in [0.5, 0.6) is 0 Å². The molecule has 0 aliphatic carbocycles. The van der Waals surface area contributed by atoms with Crippen LogP contribution >= 0.6 is 0 Å². The molecule has 0 heterocycles. The second-order valence-electron chi connectivity index (χ2n) is 5.11. The average Bonchev–Trinajstić information content (AvgIpc) is 2.69. The van der Waals surface area contributed by atoms with Gasteiger partial charge in [-0.25, -0.2) is 0 Å². The fourth-order valence-electron chi connectivity index (χ4n) is 2.53. The van der Waals surface area contributed by atoms with Gasteiger partial charge < -0.3 is 5.32 Å². The van der Waals surface area contributed by atoms with Gasteiger partial charge in [-0.05, 0) is 17.2 Å². The van der Waals surface area contributed by atoms with Crippen LogP contribution in [0.2, 0.25) is 0 Å². The number of hydrogen-bond donors (Lipinski definition) is 2. The summed E-state index contributed by atoms with van der Waals surface area (Å²) in [4.78, 5) is 0. The molecule has 0 unspecified atom stereocenters. The van der Waals surface area contributed by atoms with E-state index in [-0.39, 0.29) is 0 Å². The lowest BCUT2D eigenvalue weighted by molar-refractivity contribution is 1.43. The third-order valence-electron chi connectivity index (χ3n) is 3.75. The van der Waals surface area contributed by atoms with Gasteiger partial charge in [-0.2, -0.15) is 0 Å². The van der Waals surface area contributed by atoms with Gasteiger partial charge in [0, 0.05) is 23.9 Å². The van der Waals surface area contributed by atoms with Gasteiger partial charge in [0.2, 0.25) is 0 Å². The van der Waals surface area contributed by atoms with Crippen LogP contribution in [-0.2, 0) is 0 Å². The maximum absolute atomic E-state index is 8.45. The Labute approximate surface area is 144 Å². The first-order valence-corrected chi connectivity index (χ1v) is 8.31. The highest BCUT2D eigenvalue weighted by Gasteiger charge is 2.09. The van der Waals surface area contributed by atoms with Crippen molar-refractivity contribution < 1.29 is 0 Å². The third-order valence-corrected chi connectivity index (χ3v) is 3.75. The van der Waals surface area contributed by atoms with Crippen molar-refractivity contribution in [3.8, 4) is 11.1 Å². The number of anilines is 1. The minimum Gasteiger partial charge on any atom is -0.388 e. The average molecular weight is 316 g/mol. The van der Waals surface area contributed by atoms with Gasteiger partial charge in [-0.1, -0.05) is 86.6 Å². The first kappa shape index (κ1) is 17.5. The minimum absolute atomic E-state index is 0.532. The number of para-hydroxylation sites is 1. The quantitative estimate of drug-likeness (QED) is 0.583. The molecule has 0 aromatic heterocycles. The topological polar surface area (TPSA) is 35.9 Å². The van der Waals surface area contributed by atoms with Gasteiger partial charge in [0.25, 0.3) is 0 Å². The molecule has 2 heteroatoms. The smallest absolute Gasteiger partial charge is 0.0705 e. The Morgan fingerprint density at radius 2 is 1.25 bits per heavy atom. The summed E-state index contributed by atoms with van der Waals surface area (Å²) in [7, 11) is 1.88. The van der Waals surface area contributed by atoms with E-state index in [1.54, 1.807) is 0 Å². The fourth-order valence-corrected chi connectivity index (χ4v) is 2.53. The van der Waals surface area contributed by atoms with Crippen LogP contribution in [0.1, 0.15) is 25.0 Å². The van der Waals surface area contributed by atoms with Gasteiger partial charge in [0.05, 0.1) is 5.71 Å². The zero-order valence-corrected chi connectivity index (χ0v) is 14.5. The molecule has 3 aromatic rings. The molecule has 0 atom stereocenters. The van der Waals surface area contributed by atoms with Crippen LogP contribution in [0.15, 0.2) is 78.9 Å². The van der Waals surface area contributed by atoms with Crippen LogP contribution in [0.4, 0.5) is 5.69 Å². The monoisotopic (exact) mass is 316 g/mol. The predicted molar refractivity (Wildman–Crippen MR) is 105 cm³/mol. The van der Waals surface area contributed by atoms with Crippen molar-refractivity contribution >= 4 is 11.4 Å². The molecule has 0 bridgehead atoms. The highest BCUT2D eigenvalue weighted by Crippen LogP contribution is 2.22. The summed E-state index contributed by atoms with van der Waals surface area (Å²) in [5.41, 5.74) is 5.69. The Morgan fingerprint density at radius 1 is 0.708 bits per heavy atom. The number of nitrogens with one attached hydrogen (secondary N) is 2. The molecule has 0 saturated heterocycles. The molecule has 0 spiro atoms. The van der Waals surface area contributed by atoms with E-state index < -0.39 is 0 Å². The van der Waals surface area contributed by atoms with Crippen LogP contribution < -0.4 is 5.32 Å². The van der Waals surface area contributed by atoms with Crippen molar-refractivity contribution in [3.05, 3.63) is 90.0 Å². The standard InChI is InChI=1S/C20H18N2.C2H6/c1-22-19-10-6-5-9-18(19)20(21)17-13-11-16(12-14-17)15-7-3-2-4-8-15;1-2/h2-14,21-22H,1H3;1-2H3. The highest BCUT2D eigenvalue weighted by atomic mass is 14.8. The molecule has 2 nitrogen and oxygen atoms in total. The normalized spacial score (nSPS) is 9.62. The first-order chi connectivity index (χ1) is 11.8. The van der Waals surface area contributed by atoms with E-state index in [1.807, 2.05) is 75.5 Å². The number of rotatable bonds is 4. The maximum atomic E-state index is 8.45. The van der Waals surface area contributed by atoms with Gasteiger partial charge in [0.15, 0.2) is 0 Å². The third kappa shape index (κ3) is 3.90. The van der Waals surface area contributed by atoms with Gasteiger partial charge in [-0.3, -0.25) is 5.41 Å². The molecule has 3 rings (SSSR count). The Kier molecular flexibility index (Phi) is 6.32. The molecular formula is C22H24N2. The summed E-state index contributed by atoms with van der Waals surface area (Å²) in [6.45, 7) is 4.00. The van der Waals surface area contributed by atoms with E-state index in [4.69, 9.17) is 5.41 Å². The Balaban J connectivity index is 0.00000100. The maximum Gasteiger partial charge on any atom is 0.0705 e. The Bertz CT molecular complexity index is 775. The number of hydrogen-bond acceptors (Lipinski definition) is 2. The molecule has 2 N–H and O–H groups in total. The van der Waals surface area contributed by atoms with E-state index in [1.165, 1.54) is 11.1 Å². The fraction of sp³-hybridized carbons (Fsp3) is 0.136. The Morgan fingerprint density at radius 3 is 1.88 bits per heavy atom. The van der Waals surface area contributed by atoms with Crippen molar-refractivity contribution in [2.75, 3.05) is 12.4 Å². The van der Waals surface area contributed by atoms with E-state index in [0.717, 1.165) is 16.8 Å². The van der Waals surface area contributed by atoms with E-state index in [2.05, 4.69) is 29.6 Å². The number of benzene rings is 3. The second kappa shape index (κ2) is 8.68. The van der Waals surface area contributed by atoms with E-state index >= 15 is 0 Å².